The van der Waals surface area contributed by atoms with Gasteiger partial charge in [-0.1, -0.05) is 0 Å². The standard InChI is InChI=1S/C6H16NOP/c1-6(7(2)3)9(4,5)8/h6H,1-5H3. The van der Waals surface area contributed by atoms with Gasteiger partial charge in [-0.05, 0) is 34.3 Å². The van der Waals surface area contributed by atoms with Gasteiger partial charge in [0.25, 0.3) is 0 Å². The fourth-order valence-electron chi connectivity index (χ4n) is 0.556. The highest BCUT2D eigenvalue weighted by Gasteiger charge is 2.18. The molecular weight excluding hydrogens is 133 g/mol. The lowest BCUT2D eigenvalue weighted by Crippen LogP contribution is -2.23. The summed E-state index contributed by atoms with van der Waals surface area (Å²) in [5, 5.41) is 0. The van der Waals surface area contributed by atoms with E-state index in [-0.39, 0.29) is 5.78 Å². The third kappa shape index (κ3) is 3.02. The lowest BCUT2D eigenvalue weighted by Gasteiger charge is -2.23. The Morgan fingerprint density at radius 2 is 1.67 bits per heavy atom. The second kappa shape index (κ2) is 2.85. The molecule has 0 saturated heterocycles. The van der Waals surface area contributed by atoms with Crippen molar-refractivity contribution in [3.63, 3.8) is 0 Å². The zero-order valence-electron chi connectivity index (χ0n) is 6.88. The summed E-state index contributed by atoms with van der Waals surface area (Å²) in [5.41, 5.74) is 0. The lowest BCUT2D eigenvalue weighted by molar-refractivity contribution is 0.383. The molecule has 0 rings (SSSR count). The number of nitrogens with zero attached hydrogens (tertiary/aromatic N) is 1. The van der Waals surface area contributed by atoms with Crippen LogP contribution in [0.25, 0.3) is 0 Å². The van der Waals surface area contributed by atoms with E-state index in [0.717, 1.165) is 0 Å². The summed E-state index contributed by atoms with van der Waals surface area (Å²) in [5.74, 6) is 0.206. The van der Waals surface area contributed by atoms with Crippen molar-refractivity contribution in [3.8, 4) is 0 Å². The highest BCUT2D eigenvalue weighted by atomic mass is 31.2. The molecule has 0 aromatic carbocycles. The van der Waals surface area contributed by atoms with Gasteiger partial charge in [-0.25, -0.2) is 0 Å². The van der Waals surface area contributed by atoms with Crippen LogP contribution in [0, 0.1) is 0 Å². The molecule has 0 N–H and O–H groups in total. The number of hydrogen-bond donors (Lipinski definition) is 0. The van der Waals surface area contributed by atoms with Gasteiger partial charge in [0.05, 0.1) is 12.9 Å². The average Bonchev–Trinajstić information content (AvgIpc) is 1.62. The monoisotopic (exact) mass is 149 g/mol. The predicted octanol–water partition coefficient (Wildman–Crippen LogP) is 1.52. The largest absolute Gasteiger partial charge is 0.323 e. The Morgan fingerprint density at radius 3 is 1.67 bits per heavy atom. The van der Waals surface area contributed by atoms with Crippen molar-refractivity contribution in [2.75, 3.05) is 27.4 Å². The highest BCUT2D eigenvalue weighted by molar-refractivity contribution is 7.62. The highest BCUT2D eigenvalue weighted by Crippen LogP contribution is 2.42. The van der Waals surface area contributed by atoms with E-state index >= 15 is 0 Å². The maximum atomic E-state index is 11.3. The molecule has 56 valence electrons. The summed E-state index contributed by atoms with van der Waals surface area (Å²) >= 11 is 0. The second-order valence-corrected chi connectivity index (χ2v) is 6.65. The molecule has 0 aliphatic heterocycles. The van der Waals surface area contributed by atoms with Gasteiger partial charge >= 0.3 is 0 Å². The molecule has 0 heterocycles. The summed E-state index contributed by atoms with van der Waals surface area (Å²) in [7, 11) is 2.01. The molecule has 1 unspecified atom stereocenters. The van der Waals surface area contributed by atoms with Crippen molar-refractivity contribution in [1.29, 1.82) is 0 Å². The van der Waals surface area contributed by atoms with E-state index in [1.807, 2.05) is 39.2 Å². The maximum absolute atomic E-state index is 11.3. The van der Waals surface area contributed by atoms with Gasteiger partial charge in [0.1, 0.15) is 0 Å². The van der Waals surface area contributed by atoms with E-state index < -0.39 is 7.14 Å². The van der Waals surface area contributed by atoms with Gasteiger partial charge in [0.2, 0.25) is 0 Å². The molecule has 0 bridgehead atoms. The van der Waals surface area contributed by atoms with E-state index in [2.05, 4.69) is 0 Å². The molecule has 0 radical (unpaired) electrons. The average molecular weight is 149 g/mol. The molecule has 0 fully saturated rings. The molecule has 0 aliphatic carbocycles. The molecule has 0 spiro atoms. The van der Waals surface area contributed by atoms with Gasteiger partial charge in [0, 0.05) is 0 Å². The maximum Gasteiger partial charge on any atom is 0.0978 e. The third-order valence-electron chi connectivity index (χ3n) is 1.65. The Balaban J connectivity index is 4.05. The molecule has 0 saturated carbocycles. The topological polar surface area (TPSA) is 20.3 Å². The van der Waals surface area contributed by atoms with Crippen LogP contribution in [0.1, 0.15) is 6.92 Å². The van der Waals surface area contributed by atoms with Gasteiger partial charge in [-0.2, -0.15) is 0 Å². The van der Waals surface area contributed by atoms with Crippen LogP contribution in [-0.4, -0.2) is 38.1 Å². The van der Waals surface area contributed by atoms with Crippen molar-refractivity contribution in [2.45, 2.75) is 12.7 Å². The molecule has 0 aliphatic rings. The first-order valence-electron chi connectivity index (χ1n) is 3.07. The minimum absolute atomic E-state index is 0.206. The normalized spacial score (nSPS) is 16.2. The van der Waals surface area contributed by atoms with E-state index in [1.54, 1.807) is 0 Å². The Labute approximate surface area is 57.6 Å². The molecule has 9 heavy (non-hydrogen) atoms. The molecule has 0 aromatic rings. The fourth-order valence-corrected chi connectivity index (χ4v) is 1.67. The smallest absolute Gasteiger partial charge is 0.0978 e. The zero-order valence-corrected chi connectivity index (χ0v) is 7.77. The van der Waals surface area contributed by atoms with Gasteiger partial charge in [-0.3, -0.25) is 0 Å². The Morgan fingerprint density at radius 1 is 1.33 bits per heavy atom. The van der Waals surface area contributed by atoms with E-state index in [0.29, 0.717) is 0 Å². The van der Waals surface area contributed by atoms with Crippen molar-refractivity contribution >= 4 is 7.14 Å². The van der Waals surface area contributed by atoms with Crippen molar-refractivity contribution in [3.05, 3.63) is 0 Å². The van der Waals surface area contributed by atoms with Crippen LogP contribution < -0.4 is 0 Å². The summed E-state index contributed by atoms with van der Waals surface area (Å²) in [6.07, 6.45) is 0. The summed E-state index contributed by atoms with van der Waals surface area (Å²) in [6, 6.07) is 0. The van der Waals surface area contributed by atoms with Gasteiger partial charge in [-0.15, -0.1) is 0 Å². The van der Waals surface area contributed by atoms with Crippen LogP contribution in [0.4, 0.5) is 0 Å². The second-order valence-electron chi connectivity index (χ2n) is 3.03. The summed E-state index contributed by atoms with van der Waals surface area (Å²) in [4.78, 5) is 1.99. The van der Waals surface area contributed by atoms with E-state index in [9.17, 15) is 4.57 Å². The molecule has 3 heteroatoms. The van der Waals surface area contributed by atoms with Gasteiger partial charge in [0.15, 0.2) is 0 Å². The van der Waals surface area contributed by atoms with Crippen LogP contribution in [0.5, 0.6) is 0 Å². The first-order chi connectivity index (χ1) is 3.85. The summed E-state index contributed by atoms with van der Waals surface area (Å²) in [6.45, 7) is 5.62. The van der Waals surface area contributed by atoms with Crippen molar-refractivity contribution in [2.24, 2.45) is 0 Å². The summed E-state index contributed by atoms with van der Waals surface area (Å²) < 4.78 is 11.3. The quantitative estimate of drug-likeness (QED) is 0.555. The minimum atomic E-state index is -1.89. The molecular formula is C6H16NOP. The molecule has 0 amide bonds. The zero-order chi connectivity index (χ0) is 7.65. The van der Waals surface area contributed by atoms with Crippen molar-refractivity contribution < 1.29 is 4.57 Å². The first-order valence-corrected chi connectivity index (χ1v) is 5.74. The van der Waals surface area contributed by atoms with Crippen LogP contribution in [-0.2, 0) is 4.57 Å². The fraction of sp³-hybridized carbons (Fsp3) is 1.00. The minimum Gasteiger partial charge on any atom is -0.323 e. The van der Waals surface area contributed by atoms with Gasteiger partial charge < -0.3 is 9.46 Å². The van der Waals surface area contributed by atoms with Crippen molar-refractivity contribution in [1.82, 2.24) is 4.90 Å². The van der Waals surface area contributed by atoms with E-state index in [4.69, 9.17) is 0 Å². The van der Waals surface area contributed by atoms with Crippen LogP contribution in [0.3, 0.4) is 0 Å². The third-order valence-corrected chi connectivity index (χ3v) is 3.91. The van der Waals surface area contributed by atoms with Crippen LogP contribution in [0.15, 0.2) is 0 Å². The van der Waals surface area contributed by atoms with E-state index in [1.165, 1.54) is 0 Å². The Hall–Kier alpha value is 0.190. The number of hydrogen-bond acceptors (Lipinski definition) is 2. The predicted molar refractivity (Wildman–Crippen MR) is 42.6 cm³/mol. The van der Waals surface area contributed by atoms with Crippen LogP contribution >= 0.6 is 7.14 Å². The Kier molecular flexibility index (Phi) is 2.91. The molecule has 1 atom stereocenters. The SMILES string of the molecule is CC(N(C)C)P(C)(C)=O. The first kappa shape index (κ1) is 9.19. The molecule has 2 nitrogen and oxygen atoms in total. The lowest BCUT2D eigenvalue weighted by atomic mass is 10.7. The number of rotatable bonds is 2. The van der Waals surface area contributed by atoms with Crippen LogP contribution in [0.2, 0.25) is 0 Å². The molecule has 0 aromatic heterocycles. The Bertz CT molecular complexity index is 127.